The molecule has 2 unspecified atom stereocenters. The van der Waals surface area contributed by atoms with Gasteiger partial charge < -0.3 is 30.4 Å². The van der Waals surface area contributed by atoms with Gasteiger partial charge in [0.1, 0.15) is 13.2 Å². The maximum absolute atomic E-state index is 13.3. The first-order chi connectivity index (χ1) is 20.9. The number of hydrogen-bond acceptors (Lipinski definition) is 8. The summed E-state index contributed by atoms with van der Waals surface area (Å²) in [6.45, 7) is 0.373. The standard InChI is InChI=1S/C30H32N4O7P2/c31-28(36)32-15-5-10-26(27(35)16-19-11-13-20(14-12-19)17-40-30(38)41-43-34-42)33-29(37)39-18-25-23-8-3-1-6-21(23)22-7-2-4-9-24(22)25/h1-4,6-9,11-14,25-26H,5,10,15-18,42H2,(H,33,37)(H3,31,32,36). The number of rotatable bonds is 13. The summed E-state index contributed by atoms with van der Waals surface area (Å²) in [6, 6.07) is 21.5. The van der Waals surface area contributed by atoms with E-state index in [-0.39, 0.29) is 52.9 Å². The summed E-state index contributed by atoms with van der Waals surface area (Å²) in [7, 11) is 2.19. The molecule has 3 aromatic carbocycles. The number of nitrogens with zero attached hydrogens (tertiary/aromatic N) is 1. The smallest absolute Gasteiger partial charge is 0.449 e. The molecule has 0 spiro atoms. The van der Waals surface area contributed by atoms with Gasteiger partial charge >= 0.3 is 18.3 Å². The SMILES string of the molecule is NC(=O)NCCCC(NC(=O)OCC1c2ccccc2-c2ccccc21)C(=O)Cc1ccc(COC(=O)OP=NP)cc1. The molecule has 1 aliphatic rings. The Morgan fingerprint density at radius 3 is 2.16 bits per heavy atom. The van der Waals surface area contributed by atoms with E-state index < -0.39 is 24.3 Å². The number of urea groups is 1. The molecule has 0 saturated heterocycles. The van der Waals surface area contributed by atoms with E-state index in [9.17, 15) is 19.2 Å². The van der Waals surface area contributed by atoms with Crippen molar-refractivity contribution in [3.05, 3.63) is 95.1 Å². The highest BCUT2D eigenvalue weighted by Gasteiger charge is 2.29. The molecule has 224 valence electrons. The van der Waals surface area contributed by atoms with E-state index in [1.807, 2.05) is 36.4 Å². The molecule has 43 heavy (non-hydrogen) atoms. The number of ketones is 1. The highest BCUT2D eigenvalue weighted by Crippen LogP contribution is 2.44. The van der Waals surface area contributed by atoms with Crippen LogP contribution in [0.15, 0.2) is 77.3 Å². The molecule has 0 radical (unpaired) electrons. The second-order valence-electron chi connectivity index (χ2n) is 9.74. The number of primary amides is 1. The van der Waals surface area contributed by atoms with Crippen molar-refractivity contribution < 1.29 is 33.2 Å². The van der Waals surface area contributed by atoms with Crippen molar-refractivity contribution in [2.24, 2.45) is 10.2 Å². The number of fused-ring (bicyclic) bond motifs is 3. The van der Waals surface area contributed by atoms with Crippen molar-refractivity contribution in [1.82, 2.24) is 10.6 Å². The molecule has 11 nitrogen and oxygen atoms in total. The minimum absolute atomic E-state index is 0.00172. The third-order valence-electron chi connectivity index (χ3n) is 6.91. The van der Waals surface area contributed by atoms with Crippen molar-refractivity contribution in [2.45, 2.75) is 37.8 Å². The van der Waals surface area contributed by atoms with Crippen molar-refractivity contribution in [2.75, 3.05) is 13.2 Å². The fourth-order valence-electron chi connectivity index (χ4n) is 4.92. The van der Waals surface area contributed by atoms with Crippen LogP contribution in [-0.4, -0.2) is 43.3 Å². The van der Waals surface area contributed by atoms with Crippen LogP contribution in [0.2, 0.25) is 0 Å². The third kappa shape index (κ3) is 9.08. The van der Waals surface area contributed by atoms with Gasteiger partial charge in [0.25, 0.3) is 8.60 Å². The fourth-order valence-corrected chi connectivity index (χ4v) is 5.22. The van der Waals surface area contributed by atoms with Crippen LogP contribution in [0.4, 0.5) is 14.4 Å². The molecule has 13 heteroatoms. The lowest BCUT2D eigenvalue weighted by Gasteiger charge is -2.19. The van der Waals surface area contributed by atoms with Gasteiger partial charge in [-0.25, -0.2) is 18.9 Å². The summed E-state index contributed by atoms with van der Waals surface area (Å²) in [6.07, 6.45) is -0.802. The van der Waals surface area contributed by atoms with Crippen molar-refractivity contribution in [3.63, 3.8) is 0 Å². The lowest BCUT2D eigenvalue weighted by atomic mass is 9.98. The minimum Gasteiger partial charge on any atom is -0.449 e. The second-order valence-corrected chi connectivity index (χ2v) is 11.0. The van der Waals surface area contributed by atoms with E-state index >= 15 is 0 Å². The lowest BCUT2D eigenvalue weighted by Crippen LogP contribution is -2.43. The van der Waals surface area contributed by atoms with Crippen LogP contribution in [0.1, 0.15) is 41.0 Å². The first-order valence-corrected chi connectivity index (χ1v) is 14.8. The number of amides is 3. The van der Waals surface area contributed by atoms with Crippen LogP contribution in [0.5, 0.6) is 0 Å². The number of benzene rings is 3. The second kappa shape index (κ2) is 15.8. The first kappa shape index (κ1) is 31.6. The van der Waals surface area contributed by atoms with Gasteiger partial charge in [0.2, 0.25) is 0 Å². The zero-order valence-electron chi connectivity index (χ0n) is 23.2. The van der Waals surface area contributed by atoms with E-state index in [0.29, 0.717) is 17.5 Å². The molecule has 3 aromatic rings. The Bertz CT molecular complexity index is 1440. The molecule has 4 N–H and O–H groups in total. The molecule has 1 aliphatic carbocycles. The Morgan fingerprint density at radius 2 is 1.53 bits per heavy atom. The van der Waals surface area contributed by atoms with Gasteiger partial charge in [0.15, 0.2) is 5.78 Å². The molecule has 0 saturated carbocycles. The number of hydrogen-bond donors (Lipinski definition) is 3. The van der Waals surface area contributed by atoms with Crippen molar-refractivity contribution in [3.8, 4) is 11.1 Å². The Kier molecular flexibility index (Phi) is 11.6. The maximum Gasteiger partial charge on any atom is 0.518 e. The van der Waals surface area contributed by atoms with E-state index in [4.69, 9.17) is 15.2 Å². The summed E-state index contributed by atoms with van der Waals surface area (Å²) in [4.78, 5) is 48.8. The van der Waals surface area contributed by atoms with Gasteiger partial charge in [-0.1, -0.05) is 72.8 Å². The van der Waals surface area contributed by atoms with Crippen molar-refractivity contribution >= 4 is 42.1 Å². The van der Waals surface area contributed by atoms with Gasteiger partial charge in [-0.15, -0.1) is 0 Å². The summed E-state index contributed by atoms with van der Waals surface area (Å²) >= 11 is 0. The predicted octanol–water partition coefficient (Wildman–Crippen LogP) is 5.64. The summed E-state index contributed by atoms with van der Waals surface area (Å²) in [5.41, 5.74) is 11.0. The zero-order chi connectivity index (χ0) is 30.6. The largest absolute Gasteiger partial charge is 0.518 e. The number of carbonyl (C=O) groups is 4. The average Bonchev–Trinajstić information content (AvgIpc) is 3.33. The van der Waals surface area contributed by atoms with Crippen LogP contribution < -0.4 is 16.4 Å². The highest BCUT2D eigenvalue weighted by atomic mass is 31.1. The van der Waals surface area contributed by atoms with E-state index in [1.54, 1.807) is 24.3 Å². The topological polar surface area (TPSA) is 158 Å². The van der Waals surface area contributed by atoms with Gasteiger partial charge in [-0.3, -0.25) is 4.79 Å². The van der Waals surface area contributed by atoms with Crippen LogP contribution in [0, 0.1) is 0 Å². The Balaban J connectivity index is 1.35. The average molecular weight is 623 g/mol. The highest BCUT2D eigenvalue weighted by molar-refractivity contribution is 7.31. The minimum atomic E-state index is -0.847. The van der Waals surface area contributed by atoms with Crippen LogP contribution in [-0.2, 0) is 31.8 Å². The molecule has 0 fully saturated rings. The molecule has 0 heterocycles. The number of nitrogens with one attached hydrogen (secondary N) is 2. The van der Waals surface area contributed by atoms with Crippen LogP contribution >= 0.6 is 18.0 Å². The van der Waals surface area contributed by atoms with Crippen molar-refractivity contribution in [1.29, 1.82) is 0 Å². The number of nitrogens with two attached hydrogens (primary N) is 1. The number of alkyl carbamates (subject to hydrolysis) is 1. The Hall–Kier alpha value is -4.33. The van der Waals surface area contributed by atoms with Crippen LogP contribution in [0.3, 0.4) is 0 Å². The molecule has 0 aliphatic heterocycles. The molecule has 0 bridgehead atoms. The molecule has 0 aromatic heterocycles. The Labute approximate surface area is 253 Å². The van der Waals surface area contributed by atoms with Gasteiger partial charge in [-0.2, -0.15) is 0 Å². The normalized spacial score (nSPS) is 12.6. The number of ether oxygens (including phenoxy) is 2. The Morgan fingerprint density at radius 1 is 0.907 bits per heavy atom. The van der Waals surface area contributed by atoms with Crippen LogP contribution in [0.25, 0.3) is 11.1 Å². The van der Waals surface area contributed by atoms with E-state index in [1.165, 1.54) is 0 Å². The predicted molar refractivity (Wildman–Crippen MR) is 164 cm³/mol. The molecular formula is C30H32N4O7P2. The number of Topliss-reactive ketones (excluding diaryl/α,β-unsaturated/α-hetero) is 1. The van der Waals surface area contributed by atoms with Gasteiger partial charge in [0, 0.05) is 18.9 Å². The van der Waals surface area contributed by atoms with Gasteiger partial charge in [-0.05, 0) is 55.6 Å². The molecule has 4 rings (SSSR count). The summed E-state index contributed by atoms with van der Waals surface area (Å²) in [5, 5.41) is 5.22. The zero-order valence-corrected chi connectivity index (χ0v) is 25.3. The number of carbonyl (C=O) groups excluding carboxylic acids is 4. The summed E-state index contributed by atoms with van der Waals surface area (Å²) in [5.74, 6) is -0.336. The molecule has 2 atom stereocenters. The monoisotopic (exact) mass is 622 g/mol. The molecule has 3 amide bonds. The van der Waals surface area contributed by atoms with Gasteiger partial charge in [0.05, 0.1) is 6.04 Å². The first-order valence-electron chi connectivity index (χ1n) is 13.5. The summed E-state index contributed by atoms with van der Waals surface area (Å²) < 4.78 is 18.9. The maximum atomic E-state index is 13.3. The molecular weight excluding hydrogens is 590 g/mol. The van der Waals surface area contributed by atoms with E-state index in [2.05, 4.69) is 41.2 Å². The third-order valence-corrected chi connectivity index (χ3v) is 7.52. The quantitative estimate of drug-likeness (QED) is 0.126. The lowest BCUT2D eigenvalue weighted by molar-refractivity contribution is -0.120. The van der Waals surface area contributed by atoms with E-state index in [0.717, 1.165) is 22.3 Å². The fraction of sp³-hybridized carbons (Fsp3) is 0.267.